The molecule has 0 saturated heterocycles. The van der Waals surface area contributed by atoms with Crippen LogP contribution in [0.25, 0.3) is 5.69 Å². The molecule has 0 unspecified atom stereocenters. The van der Waals surface area contributed by atoms with Gasteiger partial charge in [0, 0.05) is 19.0 Å². The highest BCUT2D eigenvalue weighted by Crippen LogP contribution is 2.42. The van der Waals surface area contributed by atoms with E-state index in [1.807, 2.05) is 4.57 Å². The van der Waals surface area contributed by atoms with E-state index < -0.39 is 5.97 Å². The van der Waals surface area contributed by atoms with Gasteiger partial charge in [-0.25, -0.2) is 14.8 Å². The molecule has 0 spiro atoms. The highest BCUT2D eigenvalue weighted by atomic mass is 32.1. The number of fused-ring (bicyclic) bond motifs is 3. The Labute approximate surface area is 144 Å². The van der Waals surface area contributed by atoms with Crippen LogP contribution >= 0.6 is 12.9 Å². The maximum Gasteiger partial charge on any atom is 0.388 e. The van der Waals surface area contributed by atoms with Crippen LogP contribution in [0.15, 0.2) is 12.5 Å². The van der Waals surface area contributed by atoms with Gasteiger partial charge < -0.3 is 9.08 Å². The zero-order valence-electron chi connectivity index (χ0n) is 13.3. The van der Waals surface area contributed by atoms with E-state index in [1.54, 1.807) is 12.5 Å². The molecule has 0 N–H and O–H groups in total. The monoisotopic (exact) mass is 346 g/mol. The van der Waals surface area contributed by atoms with Gasteiger partial charge in [0.05, 0.1) is 12.2 Å². The fourth-order valence-corrected chi connectivity index (χ4v) is 3.87. The average molecular weight is 346 g/mol. The highest BCUT2D eigenvalue weighted by Gasteiger charge is 2.38. The summed E-state index contributed by atoms with van der Waals surface area (Å²) in [4.78, 5) is 22.7. The van der Waals surface area contributed by atoms with Crippen molar-refractivity contribution in [1.29, 1.82) is 0 Å². The molecule has 126 valence electrons. The number of aromatic nitrogens is 5. The molecule has 8 nitrogen and oxygen atoms in total. The lowest BCUT2D eigenvalue weighted by molar-refractivity contribution is 0.0759. The van der Waals surface area contributed by atoms with Crippen molar-refractivity contribution >= 4 is 24.7 Å². The van der Waals surface area contributed by atoms with Crippen molar-refractivity contribution in [3.8, 4) is 5.69 Å². The SMILES string of the molecule is CC[C@@H]1c2nncn2-c2cnc(C(=O)OS)nc2N1C1CCCC1. The van der Waals surface area contributed by atoms with E-state index in [9.17, 15) is 4.79 Å². The Hall–Kier alpha value is -2.16. The van der Waals surface area contributed by atoms with E-state index in [-0.39, 0.29) is 11.9 Å². The van der Waals surface area contributed by atoms with E-state index in [0.29, 0.717) is 6.04 Å². The molecule has 4 rings (SSSR count). The third-order valence-electron chi connectivity index (χ3n) is 4.83. The molecule has 3 heterocycles. The molecule has 1 saturated carbocycles. The molecular weight excluding hydrogens is 328 g/mol. The van der Waals surface area contributed by atoms with Gasteiger partial charge in [-0.15, -0.1) is 10.2 Å². The van der Waals surface area contributed by atoms with Crippen LogP contribution in [0.1, 0.15) is 61.5 Å². The Bertz CT molecular complexity index is 773. The lowest BCUT2D eigenvalue weighted by Gasteiger charge is -2.40. The molecule has 2 aromatic heterocycles. The summed E-state index contributed by atoms with van der Waals surface area (Å²) in [7, 11) is 0. The fourth-order valence-electron chi connectivity index (χ4n) is 3.78. The molecule has 1 fully saturated rings. The molecule has 9 heteroatoms. The third kappa shape index (κ3) is 2.26. The maximum atomic E-state index is 11.8. The first-order valence-electron chi connectivity index (χ1n) is 8.16. The van der Waals surface area contributed by atoms with Crippen LogP contribution in [-0.2, 0) is 4.18 Å². The van der Waals surface area contributed by atoms with Crippen molar-refractivity contribution in [1.82, 2.24) is 24.7 Å². The standard InChI is InChI=1S/C15H18N6O2S/c1-2-10-14-19-17-8-20(14)11-7-16-12(15(22)23-24)18-13(11)21(10)9-5-3-4-6-9/h7-10,24H,2-6H2,1H3/t10-/m1/s1. The number of nitrogens with zero attached hydrogens (tertiary/aromatic N) is 6. The number of hydrogen-bond donors (Lipinski definition) is 1. The second kappa shape index (κ2) is 6.04. The lowest BCUT2D eigenvalue weighted by Crippen LogP contribution is -2.42. The lowest BCUT2D eigenvalue weighted by atomic mass is 10.0. The van der Waals surface area contributed by atoms with Gasteiger partial charge in [0.25, 0.3) is 0 Å². The zero-order chi connectivity index (χ0) is 16.7. The summed E-state index contributed by atoms with van der Waals surface area (Å²) in [6, 6.07) is 0.465. The molecule has 0 amide bonds. The molecule has 0 radical (unpaired) electrons. The van der Waals surface area contributed by atoms with Crippen LogP contribution in [0, 0.1) is 0 Å². The normalized spacial score (nSPS) is 19.9. The Kier molecular flexibility index (Phi) is 3.87. The molecular formula is C15H18N6O2S. The number of carbonyl (C=O) groups is 1. The highest BCUT2D eigenvalue weighted by molar-refractivity contribution is 7.75. The van der Waals surface area contributed by atoms with Crippen LogP contribution in [-0.4, -0.2) is 36.7 Å². The largest absolute Gasteiger partial charge is 0.389 e. The van der Waals surface area contributed by atoms with Crippen LogP contribution in [0.2, 0.25) is 0 Å². The summed E-state index contributed by atoms with van der Waals surface area (Å²) in [6.45, 7) is 2.13. The number of carbonyl (C=O) groups excluding carboxylic acids is 1. The predicted octanol–water partition coefficient (Wildman–Crippen LogP) is 2.27. The van der Waals surface area contributed by atoms with Gasteiger partial charge in [0.15, 0.2) is 11.6 Å². The molecule has 1 atom stereocenters. The minimum atomic E-state index is -0.657. The van der Waals surface area contributed by atoms with Crippen LogP contribution in [0.5, 0.6) is 0 Å². The van der Waals surface area contributed by atoms with Gasteiger partial charge in [-0.05, 0) is 19.3 Å². The predicted molar refractivity (Wildman–Crippen MR) is 89.1 cm³/mol. The summed E-state index contributed by atoms with van der Waals surface area (Å²) in [5.41, 5.74) is 0.794. The minimum Gasteiger partial charge on any atom is -0.389 e. The van der Waals surface area contributed by atoms with Crippen molar-refractivity contribution in [3.63, 3.8) is 0 Å². The first kappa shape index (κ1) is 15.4. The minimum absolute atomic E-state index is 0.0122. The summed E-state index contributed by atoms with van der Waals surface area (Å²) in [5, 5.41) is 8.38. The van der Waals surface area contributed by atoms with E-state index >= 15 is 0 Å². The number of rotatable bonds is 3. The average Bonchev–Trinajstić information content (AvgIpc) is 3.30. The Balaban J connectivity index is 1.89. The molecule has 1 aliphatic heterocycles. The third-order valence-corrected chi connectivity index (χ3v) is 5.00. The quantitative estimate of drug-likeness (QED) is 0.674. The van der Waals surface area contributed by atoms with Crippen LogP contribution in [0.3, 0.4) is 0 Å². The second-order valence-electron chi connectivity index (χ2n) is 6.11. The molecule has 0 aromatic carbocycles. The van der Waals surface area contributed by atoms with Gasteiger partial charge >= 0.3 is 5.97 Å². The van der Waals surface area contributed by atoms with E-state index in [2.05, 4.69) is 49.1 Å². The Morgan fingerprint density at radius 3 is 2.92 bits per heavy atom. The van der Waals surface area contributed by atoms with E-state index in [0.717, 1.165) is 36.6 Å². The Morgan fingerprint density at radius 2 is 2.21 bits per heavy atom. The molecule has 1 aliphatic carbocycles. The summed E-state index contributed by atoms with van der Waals surface area (Å²) >= 11 is 3.57. The van der Waals surface area contributed by atoms with Gasteiger partial charge in [-0.1, -0.05) is 19.8 Å². The summed E-state index contributed by atoms with van der Waals surface area (Å²) in [5.74, 6) is 0.989. The Morgan fingerprint density at radius 1 is 1.42 bits per heavy atom. The molecule has 2 aromatic rings. The summed E-state index contributed by atoms with van der Waals surface area (Å²) in [6.07, 6.45) is 8.81. The first-order chi connectivity index (χ1) is 11.7. The van der Waals surface area contributed by atoms with Crippen molar-refractivity contribution in [2.45, 2.75) is 51.1 Å². The smallest absolute Gasteiger partial charge is 0.388 e. The van der Waals surface area contributed by atoms with Crippen molar-refractivity contribution in [2.75, 3.05) is 4.90 Å². The van der Waals surface area contributed by atoms with Crippen molar-refractivity contribution < 1.29 is 8.98 Å². The topological polar surface area (TPSA) is 86.0 Å². The van der Waals surface area contributed by atoms with Gasteiger partial charge in [-0.3, -0.25) is 4.57 Å². The van der Waals surface area contributed by atoms with Crippen LogP contribution < -0.4 is 4.90 Å². The second-order valence-corrected chi connectivity index (χ2v) is 6.29. The van der Waals surface area contributed by atoms with Gasteiger partial charge in [0.2, 0.25) is 5.82 Å². The number of anilines is 1. The van der Waals surface area contributed by atoms with E-state index in [1.165, 1.54) is 12.8 Å². The van der Waals surface area contributed by atoms with Crippen molar-refractivity contribution in [2.24, 2.45) is 0 Å². The first-order valence-corrected chi connectivity index (χ1v) is 8.52. The fraction of sp³-hybridized carbons (Fsp3) is 0.533. The maximum absolute atomic E-state index is 11.8. The van der Waals surface area contributed by atoms with Gasteiger partial charge in [-0.2, -0.15) is 0 Å². The van der Waals surface area contributed by atoms with Gasteiger partial charge in [0.1, 0.15) is 12.0 Å². The zero-order valence-corrected chi connectivity index (χ0v) is 14.2. The van der Waals surface area contributed by atoms with Crippen molar-refractivity contribution in [3.05, 3.63) is 24.2 Å². The van der Waals surface area contributed by atoms with E-state index in [4.69, 9.17) is 0 Å². The molecule has 2 aliphatic rings. The van der Waals surface area contributed by atoms with Crippen LogP contribution in [0.4, 0.5) is 5.82 Å². The number of hydrogen-bond acceptors (Lipinski definition) is 8. The molecule has 24 heavy (non-hydrogen) atoms. The number of thiol groups is 1. The summed E-state index contributed by atoms with van der Waals surface area (Å²) < 4.78 is 6.38. The molecule has 0 bridgehead atoms.